The summed E-state index contributed by atoms with van der Waals surface area (Å²) in [6.45, 7) is 9.62. The van der Waals surface area contributed by atoms with Crippen LogP contribution < -0.4 is 0 Å². The predicted molar refractivity (Wildman–Crippen MR) is 103 cm³/mol. The highest BCUT2D eigenvalue weighted by Gasteiger charge is 2.15. The second kappa shape index (κ2) is 14.8. The van der Waals surface area contributed by atoms with Crippen LogP contribution in [0.4, 0.5) is 0 Å². The van der Waals surface area contributed by atoms with Crippen molar-refractivity contribution in [1.82, 2.24) is 4.90 Å². The molecule has 0 saturated carbocycles. The van der Waals surface area contributed by atoms with E-state index in [9.17, 15) is 0 Å². The Morgan fingerprint density at radius 1 is 0.826 bits per heavy atom. The molecule has 0 aromatic rings. The highest BCUT2D eigenvalue weighted by molar-refractivity contribution is 5.51. The van der Waals surface area contributed by atoms with Crippen LogP contribution in [0.2, 0.25) is 0 Å². The Labute approximate surface area is 145 Å². The molecule has 0 aromatic carbocycles. The van der Waals surface area contributed by atoms with Crippen molar-refractivity contribution in [3.8, 4) is 0 Å². The number of unbranched alkanes of at least 4 members (excludes halogenated alkanes) is 13. The van der Waals surface area contributed by atoms with E-state index in [1.807, 2.05) is 6.20 Å². The van der Waals surface area contributed by atoms with Crippen molar-refractivity contribution in [1.29, 1.82) is 0 Å². The molecule has 0 aromatic heterocycles. The van der Waals surface area contributed by atoms with E-state index in [1.165, 1.54) is 103 Å². The van der Waals surface area contributed by atoms with Gasteiger partial charge in [-0.2, -0.15) is 0 Å². The molecule has 1 rings (SSSR count). The predicted octanol–water partition coefficient (Wildman–Crippen LogP) is 5.97. The molecule has 0 unspecified atom stereocenters. The van der Waals surface area contributed by atoms with Gasteiger partial charge < -0.3 is 0 Å². The van der Waals surface area contributed by atoms with Gasteiger partial charge in [-0.15, -0.1) is 0 Å². The molecule has 23 heavy (non-hydrogen) atoms. The van der Waals surface area contributed by atoms with Gasteiger partial charge in [0, 0.05) is 0 Å². The normalized spacial score (nSPS) is 14.3. The minimum absolute atomic E-state index is 1.11. The van der Waals surface area contributed by atoms with Crippen molar-refractivity contribution in [3.05, 3.63) is 12.8 Å². The van der Waals surface area contributed by atoms with Gasteiger partial charge in [0.15, 0.2) is 0 Å². The molecule has 2 heteroatoms. The number of rotatable bonds is 16. The van der Waals surface area contributed by atoms with Crippen LogP contribution in [-0.2, 0) is 0 Å². The molecule has 0 spiro atoms. The summed E-state index contributed by atoms with van der Waals surface area (Å²) in [7, 11) is 0. The van der Waals surface area contributed by atoms with Crippen LogP contribution >= 0.6 is 0 Å². The molecular formula is C21H41N2+. The fourth-order valence-corrected chi connectivity index (χ4v) is 3.39. The maximum absolute atomic E-state index is 3.82. The maximum Gasteiger partial charge on any atom is 0.239 e. The lowest BCUT2D eigenvalue weighted by Gasteiger charge is -2.03. The van der Waals surface area contributed by atoms with E-state index in [1.54, 1.807) is 0 Å². The van der Waals surface area contributed by atoms with E-state index < -0.39 is 0 Å². The molecule has 0 saturated heterocycles. The second-order valence-corrected chi connectivity index (χ2v) is 7.17. The Morgan fingerprint density at radius 3 is 1.74 bits per heavy atom. The Balaban J connectivity index is 1.74. The summed E-state index contributed by atoms with van der Waals surface area (Å²) in [4.78, 5) is 2.18. The summed E-state index contributed by atoms with van der Waals surface area (Å²) in [6, 6.07) is 0. The average molecular weight is 322 g/mol. The zero-order chi connectivity index (χ0) is 16.6. The fourth-order valence-electron chi connectivity index (χ4n) is 3.39. The smallest absolute Gasteiger partial charge is 0.239 e. The Bertz CT molecular complexity index is 309. The number of hydrogen-bond acceptors (Lipinski definition) is 1. The van der Waals surface area contributed by atoms with Gasteiger partial charge in [0.25, 0.3) is 0 Å². The molecule has 0 atom stereocenters. The lowest BCUT2D eigenvalue weighted by Crippen LogP contribution is -2.11. The Hall–Kier alpha value is -0.790. The molecule has 0 fully saturated rings. The number of nitrogens with zero attached hydrogens (tertiary/aromatic N) is 2. The largest absolute Gasteiger partial charge is 0.264 e. The molecule has 1 aliphatic rings. The molecule has 1 heterocycles. The first-order chi connectivity index (χ1) is 11.4. The van der Waals surface area contributed by atoms with Gasteiger partial charge in [-0.1, -0.05) is 90.6 Å². The lowest BCUT2D eigenvalue weighted by atomic mass is 10.0. The molecule has 0 radical (unpaired) electrons. The minimum atomic E-state index is 1.11. The van der Waals surface area contributed by atoms with Gasteiger partial charge in [-0.3, -0.25) is 4.58 Å². The highest BCUT2D eigenvalue weighted by Crippen LogP contribution is 2.13. The van der Waals surface area contributed by atoms with Crippen molar-refractivity contribution in [2.75, 3.05) is 19.6 Å². The number of hydrogen-bond donors (Lipinski definition) is 0. The quantitative estimate of drug-likeness (QED) is 0.251. The molecule has 0 bridgehead atoms. The average Bonchev–Trinajstić information content (AvgIpc) is 3.03. The van der Waals surface area contributed by atoms with Crippen LogP contribution in [0.5, 0.6) is 0 Å². The van der Waals surface area contributed by atoms with E-state index in [2.05, 4.69) is 29.3 Å². The topological polar surface area (TPSA) is 6.25 Å². The van der Waals surface area contributed by atoms with Gasteiger partial charge in [0.05, 0.1) is 12.7 Å². The molecule has 0 amide bonds. The third-order valence-electron chi connectivity index (χ3n) is 4.99. The first-order valence-corrected chi connectivity index (χ1v) is 10.3. The van der Waals surface area contributed by atoms with Crippen molar-refractivity contribution < 1.29 is 4.58 Å². The van der Waals surface area contributed by atoms with Gasteiger partial charge in [0.2, 0.25) is 6.34 Å². The van der Waals surface area contributed by atoms with Crippen LogP contribution in [0.1, 0.15) is 96.8 Å². The summed E-state index contributed by atoms with van der Waals surface area (Å²) >= 11 is 0. The standard InChI is InChI=1S/C21H41N2/c1-3-5-6-7-8-9-10-11-12-13-14-15-16-17-18-23-20-19-22(4-2)21-23/h4,21H,2-3,5-20H2,1H3/q+1. The maximum atomic E-state index is 3.82. The summed E-state index contributed by atoms with van der Waals surface area (Å²) in [5.41, 5.74) is 0. The SMILES string of the molecule is C=CN1C=[N+](CCCCCCCCCCCCCCCC)CC1. The van der Waals surface area contributed by atoms with Gasteiger partial charge in [-0.05, 0) is 12.8 Å². The van der Waals surface area contributed by atoms with Crippen LogP contribution in [0, 0.1) is 0 Å². The second-order valence-electron chi connectivity index (χ2n) is 7.17. The summed E-state index contributed by atoms with van der Waals surface area (Å²) in [6.07, 6.45) is 24.3. The molecular weight excluding hydrogens is 280 g/mol. The minimum Gasteiger partial charge on any atom is -0.264 e. The van der Waals surface area contributed by atoms with Gasteiger partial charge in [-0.25, -0.2) is 4.90 Å². The van der Waals surface area contributed by atoms with E-state index in [4.69, 9.17) is 0 Å². The van der Waals surface area contributed by atoms with Crippen LogP contribution in [-0.4, -0.2) is 35.4 Å². The highest BCUT2D eigenvalue weighted by atomic mass is 15.3. The van der Waals surface area contributed by atoms with Crippen molar-refractivity contribution in [2.24, 2.45) is 0 Å². The van der Waals surface area contributed by atoms with Crippen LogP contribution in [0.3, 0.4) is 0 Å². The molecule has 2 nitrogen and oxygen atoms in total. The van der Waals surface area contributed by atoms with Crippen LogP contribution in [0.15, 0.2) is 12.8 Å². The first-order valence-electron chi connectivity index (χ1n) is 10.3. The van der Waals surface area contributed by atoms with Crippen molar-refractivity contribution in [3.63, 3.8) is 0 Å². The Kier molecular flexibility index (Phi) is 13.0. The lowest BCUT2D eigenvalue weighted by molar-refractivity contribution is -0.514. The molecule has 0 N–H and O–H groups in total. The first kappa shape index (κ1) is 20.3. The molecule has 0 aliphatic carbocycles. The molecule has 1 aliphatic heterocycles. The van der Waals surface area contributed by atoms with Crippen LogP contribution in [0.25, 0.3) is 0 Å². The summed E-state index contributed by atoms with van der Waals surface area (Å²) in [5, 5.41) is 0. The van der Waals surface area contributed by atoms with Gasteiger partial charge >= 0.3 is 0 Å². The summed E-state index contributed by atoms with van der Waals surface area (Å²) < 4.78 is 2.43. The zero-order valence-corrected chi connectivity index (χ0v) is 15.8. The van der Waals surface area contributed by atoms with E-state index in [-0.39, 0.29) is 0 Å². The fraction of sp³-hybridized carbons (Fsp3) is 0.857. The Morgan fingerprint density at radius 2 is 1.30 bits per heavy atom. The summed E-state index contributed by atoms with van der Waals surface area (Å²) in [5.74, 6) is 0. The third-order valence-corrected chi connectivity index (χ3v) is 4.99. The van der Waals surface area contributed by atoms with Gasteiger partial charge in [0.1, 0.15) is 13.1 Å². The van der Waals surface area contributed by atoms with E-state index in [0.717, 1.165) is 6.54 Å². The third kappa shape index (κ3) is 11.4. The zero-order valence-electron chi connectivity index (χ0n) is 15.8. The van der Waals surface area contributed by atoms with E-state index >= 15 is 0 Å². The van der Waals surface area contributed by atoms with E-state index in [0.29, 0.717) is 0 Å². The van der Waals surface area contributed by atoms with Crippen molar-refractivity contribution in [2.45, 2.75) is 96.8 Å². The monoisotopic (exact) mass is 321 g/mol. The van der Waals surface area contributed by atoms with Crippen molar-refractivity contribution >= 4 is 6.34 Å². The molecule has 134 valence electrons.